The molecule has 0 fully saturated rings. The van der Waals surface area contributed by atoms with Crippen LogP contribution in [0.2, 0.25) is 0 Å². The van der Waals surface area contributed by atoms with Crippen LogP contribution in [0.5, 0.6) is 5.75 Å². The Bertz CT molecular complexity index is 1790. The molecule has 0 aliphatic carbocycles. The summed E-state index contributed by atoms with van der Waals surface area (Å²) in [6.07, 6.45) is 0.704. The maximum absolute atomic E-state index is 14.2. The van der Waals surface area contributed by atoms with Crippen LogP contribution >= 0.6 is 11.3 Å². The van der Waals surface area contributed by atoms with Crippen molar-refractivity contribution in [2.45, 2.75) is 17.7 Å². The zero-order valence-corrected chi connectivity index (χ0v) is 22.1. The third-order valence-corrected chi connectivity index (χ3v) is 8.90. The van der Waals surface area contributed by atoms with E-state index in [4.69, 9.17) is 10.5 Å². The second-order valence-electron chi connectivity index (χ2n) is 8.62. The van der Waals surface area contributed by atoms with Crippen LogP contribution in [0.25, 0.3) is 33.3 Å². The number of carbonyl (C=O) groups is 1. The lowest BCUT2D eigenvalue weighted by Crippen LogP contribution is -2.14. The number of nitrogens with zero attached hydrogens (tertiary/aromatic N) is 2. The molecule has 38 heavy (non-hydrogen) atoms. The number of rotatable bonds is 8. The standard InChI is InChI=1S/C29H23N3O4S2/c1-36-21-11-13-22(14-12-21)38(34,35)32-25-5-3-2-4-23(25)28(24-16-17-37-26(24)18-30)29(32)20-9-6-19(7-10-20)8-15-27(31)33/h2-7,9-14,16-17H,8,15H2,1H3,(H2,31,33). The molecule has 0 saturated carbocycles. The molecule has 0 aliphatic heterocycles. The number of benzene rings is 3. The summed E-state index contributed by atoms with van der Waals surface area (Å²) in [7, 11) is -2.55. The van der Waals surface area contributed by atoms with Gasteiger partial charge in [-0.05, 0) is 59.3 Å². The summed E-state index contributed by atoms with van der Waals surface area (Å²) in [5.41, 5.74) is 9.17. The predicted octanol–water partition coefficient (Wildman–Crippen LogP) is 5.57. The van der Waals surface area contributed by atoms with Crippen molar-refractivity contribution in [1.29, 1.82) is 5.26 Å². The quantitative estimate of drug-likeness (QED) is 0.276. The van der Waals surface area contributed by atoms with Gasteiger partial charge in [0.1, 0.15) is 16.7 Å². The van der Waals surface area contributed by atoms with Gasteiger partial charge < -0.3 is 10.5 Å². The third kappa shape index (κ3) is 4.45. The zero-order valence-electron chi connectivity index (χ0n) is 20.4. The first kappa shape index (κ1) is 25.3. The number of nitriles is 1. The number of fused-ring (bicyclic) bond motifs is 1. The van der Waals surface area contributed by atoms with Gasteiger partial charge in [-0.25, -0.2) is 12.4 Å². The van der Waals surface area contributed by atoms with E-state index in [1.165, 1.54) is 34.6 Å². The van der Waals surface area contributed by atoms with Crippen LogP contribution < -0.4 is 10.5 Å². The topological polar surface area (TPSA) is 115 Å². The van der Waals surface area contributed by atoms with Crippen LogP contribution in [0.4, 0.5) is 0 Å². The van der Waals surface area contributed by atoms with Crippen LogP contribution in [0.3, 0.4) is 0 Å². The Balaban J connectivity index is 1.82. The number of ether oxygens (including phenoxy) is 1. The maximum atomic E-state index is 14.2. The number of methoxy groups -OCH3 is 1. The van der Waals surface area contributed by atoms with Crippen LogP contribution in [-0.2, 0) is 21.2 Å². The molecule has 5 rings (SSSR count). The summed E-state index contributed by atoms with van der Waals surface area (Å²) < 4.78 is 35.0. The lowest BCUT2D eigenvalue weighted by atomic mass is 9.98. The molecule has 190 valence electrons. The molecule has 0 spiro atoms. The highest BCUT2D eigenvalue weighted by Crippen LogP contribution is 2.45. The first-order valence-corrected chi connectivity index (χ1v) is 14.1. The van der Waals surface area contributed by atoms with Gasteiger partial charge in [-0.2, -0.15) is 5.26 Å². The molecule has 0 radical (unpaired) electrons. The first-order chi connectivity index (χ1) is 18.3. The summed E-state index contributed by atoms with van der Waals surface area (Å²) in [4.78, 5) is 11.8. The Kier molecular flexibility index (Phi) is 6.76. The van der Waals surface area contributed by atoms with Gasteiger partial charge in [-0.3, -0.25) is 4.79 Å². The van der Waals surface area contributed by atoms with E-state index in [2.05, 4.69) is 6.07 Å². The highest BCUT2D eigenvalue weighted by Gasteiger charge is 2.29. The third-order valence-electron chi connectivity index (χ3n) is 6.35. The molecule has 3 aromatic carbocycles. The number of primary amides is 1. The van der Waals surface area contributed by atoms with Gasteiger partial charge in [0.2, 0.25) is 5.91 Å². The van der Waals surface area contributed by atoms with Crippen LogP contribution in [0, 0.1) is 11.3 Å². The van der Waals surface area contributed by atoms with Crippen molar-refractivity contribution < 1.29 is 17.9 Å². The van der Waals surface area contributed by atoms with E-state index in [-0.39, 0.29) is 17.2 Å². The smallest absolute Gasteiger partial charge is 0.268 e. The predicted molar refractivity (Wildman–Crippen MR) is 148 cm³/mol. The van der Waals surface area contributed by atoms with E-state index in [1.54, 1.807) is 24.3 Å². The Hall–Kier alpha value is -4.39. The number of para-hydroxylation sites is 1. The summed E-state index contributed by atoms with van der Waals surface area (Å²) in [6.45, 7) is 0. The summed E-state index contributed by atoms with van der Waals surface area (Å²) in [6, 6.07) is 25.0. The molecule has 2 aromatic heterocycles. The van der Waals surface area contributed by atoms with Gasteiger partial charge in [0, 0.05) is 22.9 Å². The first-order valence-electron chi connectivity index (χ1n) is 11.7. The number of nitrogens with two attached hydrogens (primary N) is 1. The average molecular weight is 542 g/mol. The van der Waals surface area contributed by atoms with E-state index < -0.39 is 10.0 Å². The number of aryl methyl sites for hydroxylation is 1. The maximum Gasteiger partial charge on any atom is 0.268 e. The van der Waals surface area contributed by atoms with E-state index >= 15 is 0 Å². The molecule has 0 aliphatic rings. The number of carbonyl (C=O) groups excluding carboxylic acids is 1. The van der Waals surface area contributed by atoms with E-state index in [1.807, 2.05) is 47.8 Å². The molecule has 0 atom stereocenters. The van der Waals surface area contributed by atoms with E-state index in [0.29, 0.717) is 50.3 Å². The minimum Gasteiger partial charge on any atom is -0.497 e. The fourth-order valence-electron chi connectivity index (χ4n) is 4.54. The lowest BCUT2D eigenvalue weighted by Gasteiger charge is -2.14. The second-order valence-corrected chi connectivity index (χ2v) is 11.3. The van der Waals surface area contributed by atoms with Gasteiger partial charge in [-0.1, -0.05) is 42.5 Å². The van der Waals surface area contributed by atoms with Crippen molar-refractivity contribution in [2.75, 3.05) is 7.11 Å². The monoisotopic (exact) mass is 541 g/mol. The molecule has 7 nitrogen and oxygen atoms in total. The van der Waals surface area contributed by atoms with Crippen LogP contribution in [-0.4, -0.2) is 25.4 Å². The molecular formula is C29H23N3O4S2. The number of thiophene rings is 1. The van der Waals surface area contributed by atoms with E-state index in [9.17, 15) is 18.5 Å². The molecule has 0 unspecified atom stereocenters. The second kappa shape index (κ2) is 10.2. The molecule has 0 saturated heterocycles. The fraction of sp³-hybridized carbons (Fsp3) is 0.103. The summed E-state index contributed by atoms with van der Waals surface area (Å²) in [5.74, 6) is 0.161. The molecule has 5 aromatic rings. The minimum absolute atomic E-state index is 0.107. The highest BCUT2D eigenvalue weighted by atomic mass is 32.2. The fourth-order valence-corrected chi connectivity index (χ4v) is 6.77. The molecule has 0 bridgehead atoms. The van der Waals surface area contributed by atoms with Gasteiger partial charge >= 0.3 is 0 Å². The van der Waals surface area contributed by atoms with Gasteiger partial charge in [-0.15, -0.1) is 11.3 Å². The molecule has 2 heterocycles. The van der Waals surface area contributed by atoms with Crippen LogP contribution in [0.15, 0.2) is 89.1 Å². The molecule has 2 N–H and O–H groups in total. The Labute approximate surface area is 224 Å². The van der Waals surface area contributed by atoms with Crippen molar-refractivity contribution in [1.82, 2.24) is 3.97 Å². The SMILES string of the molecule is COc1ccc(S(=O)(=O)n2c(-c3ccc(CCC(N)=O)cc3)c(-c3ccsc3C#N)c3ccccc32)cc1. The lowest BCUT2D eigenvalue weighted by molar-refractivity contribution is -0.117. The van der Waals surface area contributed by atoms with Crippen molar-refractivity contribution >= 4 is 38.2 Å². The largest absolute Gasteiger partial charge is 0.497 e. The van der Waals surface area contributed by atoms with Crippen molar-refractivity contribution in [3.63, 3.8) is 0 Å². The van der Waals surface area contributed by atoms with Crippen molar-refractivity contribution in [2.24, 2.45) is 5.73 Å². The summed E-state index contributed by atoms with van der Waals surface area (Å²) >= 11 is 1.31. The Morgan fingerprint density at radius 1 is 1.03 bits per heavy atom. The average Bonchev–Trinajstić information content (AvgIpc) is 3.54. The minimum atomic E-state index is -4.07. The number of hydrogen-bond donors (Lipinski definition) is 1. The molecule has 1 amide bonds. The Morgan fingerprint density at radius 2 is 1.74 bits per heavy atom. The van der Waals surface area contributed by atoms with Gasteiger partial charge in [0.25, 0.3) is 10.0 Å². The van der Waals surface area contributed by atoms with E-state index in [0.717, 1.165) is 5.56 Å². The summed E-state index contributed by atoms with van der Waals surface area (Å²) in [5, 5.41) is 12.4. The van der Waals surface area contributed by atoms with Crippen molar-refractivity contribution in [3.05, 3.63) is 94.7 Å². The number of aromatic nitrogens is 1. The van der Waals surface area contributed by atoms with Gasteiger partial charge in [0.15, 0.2) is 0 Å². The number of amides is 1. The molecule has 9 heteroatoms. The van der Waals surface area contributed by atoms with Crippen molar-refractivity contribution in [3.8, 4) is 34.2 Å². The number of hydrogen-bond acceptors (Lipinski definition) is 6. The van der Waals surface area contributed by atoms with Crippen LogP contribution in [0.1, 0.15) is 16.9 Å². The zero-order chi connectivity index (χ0) is 26.9. The van der Waals surface area contributed by atoms with Gasteiger partial charge in [0.05, 0.1) is 23.2 Å². The normalized spacial score (nSPS) is 11.4. The molecular weight excluding hydrogens is 518 g/mol. The highest BCUT2D eigenvalue weighted by molar-refractivity contribution is 7.90. The Morgan fingerprint density at radius 3 is 2.39 bits per heavy atom.